The predicted molar refractivity (Wildman–Crippen MR) is 109 cm³/mol. The number of fused-ring (bicyclic) bond motifs is 1. The zero-order valence-corrected chi connectivity index (χ0v) is 15.9. The van der Waals surface area contributed by atoms with E-state index in [9.17, 15) is 4.79 Å². The van der Waals surface area contributed by atoms with Crippen molar-refractivity contribution in [3.05, 3.63) is 95.1 Å². The van der Waals surface area contributed by atoms with Crippen molar-refractivity contribution in [1.29, 1.82) is 0 Å². The predicted octanol–water partition coefficient (Wildman–Crippen LogP) is 4.54. The molecule has 1 atom stereocenters. The maximum atomic E-state index is 13.0. The van der Waals surface area contributed by atoms with Crippen LogP contribution in [0, 0.1) is 0 Å². The highest BCUT2D eigenvalue weighted by Gasteiger charge is 2.18. The first-order chi connectivity index (χ1) is 13.7. The molecule has 1 aliphatic heterocycles. The molecule has 0 radical (unpaired) electrons. The molecule has 0 aliphatic carbocycles. The van der Waals surface area contributed by atoms with E-state index in [4.69, 9.17) is 9.47 Å². The van der Waals surface area contributed by atoms with E-state index in [0.717, 1.165) is 29.0 Å². The number of benzene rings is 3. The van der Waals surface area contributed by atoms with Gasteiger partial charge in [0.15, 0.2) is 11.5 Å². The highest BCUT2D eigenvalue weighted by Crippen LogP contribution is 2.32. The summed E-state index contributed by atoms with van der Waals surface area (Å²) in [5.74, 6) is 1.41. The van der Waals surface area contributed by atoms with E-state index in [-0.39, 0.29) is 11.9 Å². The first kappa shape index (κ1) is 18.1. The van der Waals surface area contributed by atoms with Crippen molar-refractivity contribution in [2.24, 2.45) is 0 Å². The van der Waals surface area contributed by atoms with Crippen LogP contribution in [-0.2, 0) is 6.42 Å². The van der Waals surface area contributed by atoms with Gasteiger partial charge in [0.2, 0.25) is 0 Å². The Morgan fingerprint density at radius 3 is 2.46 bits per heavy atom. The second-order valence-electron chi connectivity index (χ2n) is 6.92. The van der Waals surface area contributed by atoms with Crippen LogP contribution in [0.4, 0.5) is 0 Å². The van der Waals surface area contributed by atoms with Crippen LogP contribution in [0.2, 0.25) is 0 Å². The first-order valence-corrected chi connectivity index (χ1v) is 9.53. The lowest BCUT2D eigenvalue weighted by Crippen LogP contribution is -2.27. The van der Waals surface area contributed by atoms with Crippen molar-refractivity contribution in [2.45, 2.75) is 19.4 Å². The van der Waals surface area contributed by atoms with Crippen molar-refractivity contribution in [3.63, 3.8) is 0 Å². The van der Waals surface area contributed by atoms with E-state index in [0.29, 0.717) is 18.8 Å². The summed E-state index contributed by atoms with van der Waals surface area (Å²) in [4.78, 5) is 13.0. The molecule has 3 aromatic carbocycles. The Balaban J connectivity index is 1.51. The number of ether oxygens (including phenoxy) is 2. The number of carbonyl (C=O) groups is 1. The second-order valence-corrected chi connectivity index (χ2v) is 6.92. The minimum Gasteiger partial charge on any atom is -0.486 e. The molecule has 0 saturated carbocycles. The van der Waals surface area contributed by atoms with Crippen LogP contribution in [0.3, 0.4) is 0 Å². The SMILES string of the molecule is CC(NC(=O)c1ccccc1Cc1ccccc1)c1ccc2c(c1)OCCO2. The third-order valence-electron chi connectivity index (χ3n) is 4.91. The number of nitrogens with one attached hydrogen (secondary N) is 1. The number of hydrogen-bond donors (Lipinski definition) is 1. The summed E-state index contributed by atoms with van der Waals surface area (Å²) in [6, 6.07) is 23.6. The fourth-order valence-electron chi connectivity index (χ4n) is 3.40. The van der Waals surface area contributed by atoms with E-state index in [1.165, 1.54) is 5.56 Å². The minimum atomic E-state index is -0.145. The summed E-state index contributed by atoms with van der Waals surface area (Å²) in [6.45, 7) is 3.09. The monoisotopic (exact) mass is 373 g/mol. The third-order valence-corrected chi connectivity index (χ3v) is 4.91. The topological polar surface area (TPSA) is 47.6 Å². The Hall–Kier alpha value is -3.27. The molecule has 0 bridgehead atoms. The second kappa shape index (κ2) is 8.17. The highest BCUT2D eigenvalue weighted by atomic mass is 16.6. The van der Waals surface area contributed by atoms with Crippen LogP contribution in [0.15, 0.2) is 72.8 Å². The molecule has 28 heavy (non-hydrogen) atoms. The molecular formula is C24H23NO3. The summed E-state index contributed by atoms with van der Waals surface area (Å²) < 4.78 is 11.2. The number of hydrogen-bond acceptors (Lipinski definition) is 3. The van der Waals surface area contributed by atoms with E-state index >= 15 is 0 Å². The van der Waals surface area contributed by atoms with E-state index in [2.05, 4.69) is 17.4 Å². The normalized spacial score (nSPS) is 13.6. The van der Waals surface area contributed by atoms with Crippen molar-refractivity contribution < 1.29 is 14.3 Å². The standard InChI is InChI=1S/C24H23NO3/c1-17(19-11-12-22-23(16-19)28-14-13-27-22)25-24(26)21-10-6-5-9-20(21)15-18-7-3-2-4-8-18/h2-12,16-17H,13-15H2,1H3,(H,25,26). The van der Waals surface area contributed by atoms with E-state index in [1.54, 1.807) is 0 Å². The van der Waals surface area contributed by atoms with Crippen LogP contribution >= 0.6 is 0 Å². The van der Waals surface area contributed by atoms with E-state index in [1.807, 2.05) is 67.6 Å². The van der Waals surface area contributed by atoms with Gasteiger partial charge in [0.05, 0.1) is 6.04 Å². The molecule has 4 heteroatoms. The van der Waals surface area contributed by atoms with Crippen molar-refractivity contribution in [2.75, 3.05) is 13.2 Å². The molecule has 3 aromatic rings. The lowest BCUT2D eigenvalue weighted by molar-refractivity contribution is 0.0939. The summed E-state index contributed by atoms with van der Waals surface area (Å²) in [6.07, 6.45) is 0.725. The van der Waals surface area contributed by atoms with Gasteiger partial charge in [-0.3, -0.25) is 4.79 Å². The molecule has 0 aromatic heterocycles. The third kappa shape index (κ3) is 4.01. The summed E-state index contributed by atoms with van der Waals surface area (Å²) in [5, 5.41) is 3.11. The molecular weight excluding hydrogens is 350 g/mol. The van der Waals surface area contributed by atoms with Gasteiger partial charge in [0.25, 0.3) is 5.91 Å². The van der Waals surface area contributed by atoms with Gasteiger partial charge in [-0.2, -0.15) is 0 Å². The zero-order valence-electron chi connectivity index (χ0n) is 15.9. The largest absolute Gasteiger partial charge is 0.486 e. The fraction of sp³-hybridized carbons (Fsp3) is 0.208. The molecule has 0 fully saturated rings. The smallest absolute Gasteiger partial charge is 0.252 e. The summed E-state index contributed by atoms with van der Waals surface area (Å²) in [7, 11) is 0. The molecule has 1 unspecified atom stereocenters. The van der Waals surface area contributed by atoms with Gasteiger partial charge < -0.3 is 14.8 Å². The first-order valence-electron chi connectivity index (χ1n) is 9.53. The average molecular weight is 373 g/mol. The van der Waals surface area contributed by atoms with Crippen molar-refractivity contribution >= 4 is 5.91 Å². The molecule has 4 nitrogen and oxygen atoms in total. The maximum Gasteiger partial charge on any atom is 0.252 e. The number of amides is 1. The van der Waals surface area contributed by atoms with Gasteiger partial charge in [-0.05, 0) is 48.2 Å². The van der Waals surface area contributed by atoms with Crippen molar-refractivity contribution in [3.8, 4) is 11.5 Å². The Labute approximate surface area is 165 Å². The summed E-state index contributed by atoms with van der Waals surface area (Å²) >= 11 is 0. The zero-order chi connectivity index (χ0) is 19.3. The summed E-state index contributed by atoms with van der Waals surface area (Å²) in [5.41, 5.74) is 3.89. The van der Waals surface area contributed by atoms with Crippen LogP contribution in [0.5, 0.6) is 11.5 Å². The van der Waals surface area contributed by atoms with Crippen LogP contribution in [-0.4, -0.2) is 19.1 Å². The Morgan fingerprint density at radius 2 is 1.64 bits per heavy atom. The Morgan fingerprint density at radius 1 is 0.929 bits per heavy atom. The average Bonchev–Trinajstić information content (AvgIpc) is 2.74. The quantitative estimate of drug-likeness (QED) is 0.714. The van der Waals surface area contributed by atoms with Gasteiger partial charge >= 0.3 is 0 Å². The molecule has 1 amide bonds. The molecule has 4 rings (SSSR count). The van der Waals surface area contributed by atoms with Crippen LogP contribution in [0.25, 0.3) is 0 Å². The number of rotatable bonds is 5. The van der Waals surface area contributed by atoms with Gasteiger partial charge in [0, 0.05) is 5.56 Å². The molecule has 1 aliphatic rings. The molecule has 1 N–H and O–H groups in total. The molecule has 0 saturated heterocycles. The van der Waals surface area contributed by atoms with E-state index < -0.39 is 0 Å². The lowest BCUT2D eigenvalue weighted by Gasteiger charge is -2.21. The van der Waals surface area contributed by atoms with Gasteiger partial charge in [-0.15, -0.1) is 0 Å². The van der Waals surface area contributed by atoms with Gasteiger partial charge in [0.1, 0.15) is 13.2 Å². The maximum absolute atomic E-state index is 13.0. The van der Waals surface area contributed by atoms with Gasteiger partial charge in [-0.25, -0.2) is 0 Å². The molecule has 142 valence electrons. The van der Waals surface area contributed by atoms with Crippen LogP contribution in [0.1, 0.15) is 40.0 Å². The minimum absolute atomic E-state index is 0.0751. The fourth-order valence-corrected chi connectivity index (χ4v) is 3.40. The lowest BCUT2D eigenvalue weighted by atomic mass is 9.98. The molecule has 0 spiro atoms. The number of carbonyl (C=O) groups excluding carboxylic acids is 1. The van der Waals surface area contributed by atoms with Crippen LogP contribution < -0.4 is 14.8 Å². The Kier molecular flexibility index (Phi) is 5.29. The Bertz CT molecular complexity index is 969. The van der Waals surface area contributed by atoms with Crippen molar-refractivity contribution in [1.82, 2.24) is 5.32 Å². The molecule has 1 heterocycles. The highest BCUT2D eigenvalue weighted by molar-refractivity contribution is 5.96. The van der Waals surface area contributed by atoms with Gasteiger partial charge in [-0.1, -0.05) is 54.6 Å².